The molecule has 0 unspecified atom stereocenters. The molecule has 2 fully saturated rings. The minimum Gasteiger partial charge on any atom is -0.393 e. The van der Waals surface area contributed by atoms with E-state index in [1.807, 2.05) is 0 Å². The van der Waals surface area contributed by atoms with Gasteiger partial charge in [0.15, 0.2) is 0 Å². The van der Waals surface area contributed by atoms with Crippen LogP contribution in [0.2, 0.25) is 5.02 Å². The number of aliphatic hydroxyl groups is 1. The van der Waals surface area contributed by atoms with Crippen LogP contribution in [0.4, 0.5) is 5.69 Å². The summed E-state index contributed by atoms with van der Waals surface area (Å²) in [5, 5.41) is 10.1. The Bertz CT molecular complexity index is 597. The van der Waals surface area contributed by atoms with E-state index in [0.717, 1.165) is 6.42 Å². The van der Waals surface area contributed by atoms with Crippen molar-refractivity contribution in [3.8, 4) is 0 Å². The van der Waals surface area contributed by atoms with Gasteiger partial charge < -0.3 is 14.9 Å². The van der Waals surface area contributed by atoms with Crippen LogP contribution in [-0.4, -0.2) is 47.6 Å². The highest BCUT2D eigenvalue weighted by molar-refractivity contribution is 6.31. The van der Waals surface area contributed by atoms with Crippen molar-refractivity contribution in [3.63, 3.8) is 0 Å². The lowest BCUT2D eigenvalue weighted by molar-refractivity contribution is -0.117. The Hall–Kier alpha value is -1.59. The monoisotopic (exact) mass is 322 g/mol. The van der Waals surface area contributed by atoms with Crippen molar-refractivity contribution in [2.45, 2.75) is 31.8 Å². The molecule has 2 amide bonds. The third kappa shape index (κ3) is 2.96. The van der Waals surface area contributed by atoms with Gasteiger partial charge in [-0.1, -0.05) is 11.6 Å². The van der Waals surface area contributed by atoms with Crippen LogP contribution < -0.4 is 4.90 Å². The van der Waals surface area contributed by atoms with E-state index in [2.05, 4.69) is 0 Å². The van der Waals surface area contributed by atoms with Crippen molar-refractivity contribution in [1.82, 2.24) is 4.90 Å². The summed E-state index contributed by atoms with van der Waals surface area (Å²) in [5.74, 6) is -0.0661. The van der Waals surface area contributed by atoms with Crippen LogP contribution in [0.15, 0.2) is 18.2 Å². The molecule has 1 aromatic rings. The molecule has 0 aromatic heterocycles. The quantitative estimate of drug-likeness (QED) is 0.906. The maximum atomic E-state index is 12.8. The third-order valence-corrected chi connectivity index (χ3v) is 4.54. The second-order valence-electron chi connectivity index (χ2n) is 5.83. The number of anilines is 1. The molecule has 2 heterocycles. The van der Waals surface area contributed by atoms with Crippen LogP contribution in [0.25, 0.3) is 0 Å². The number of rotatable bonds is 2. The zero-order valence-electron chi connectivity index (χ0n) is 12.3. The zero-order chi connectivity index (χ0) is 15.7. The van der Waals surface area contributed by atoms with Gasteiger partial charge in [-0.3, -0.25) is 9.59 Å². The number of carbonyl (C=O) groups is 2. The van der Waals surface area contributed by atoms with Crippen LogP contribution in [0.1, 0.15) is 36.0 Å². The molecule has 1 aromatic carbocycles. The van der Waals surface area contributed by atoms with E-state index in [9.17, 15) is 14.7 Å². The third-order valence-electron chi connectivity index (χ3n) is 4.31. The molecule has 0 aliphatic carbocycles. The van der Waals surface area contributed by atoms with Gasteiger partial charge >= 0.3 is 0 Å². The molecule has 5 nitrogen and oxygen atoms in total. The Balaban J connectivity index is 1.89. The summed E-state index contributed by atoms with van der Waals surface area (Å²) in [6.07, 6.45) is 2.17. The minimum atomic E-state index is -0.325. The predicted molar refractivity (Wildman–Crippen MR) is 84.2 cm³/mol. The predicted octanol–water partition coefficient (Wildman–Crippen LogP) is 2.06. The zero-order valence-corrected chi connectivity index (χ0v) is 13.1. The van der Waals surface area contributed by atoms with Crippen molar-refractivity contribution in [2.75, 3.05) is 24.5 Å². The summed E-state index contributed by atoms with van der Waals surface area (Å²) in [6, 6.07) is 5.06. The molecule has 2 aliphatic heterocycles. The Morgan fingerprint density at radius 2 is 1.95 bits per heavy atom. The molecule has 118 valence electrons. The number of benzene rings is 1. The number of carbonyl (C=O) groups excluding carboxylic acids is 2. The van der Waals surface area contributed by atoms with Gasteiger partial charge in [0.1, 0.15) is 0 Å². The first kappa shape index (κ1) is 15.3. The molecule has 0 spiro atoms. The highest BCUT2D eigenvalue weighted by Crippen LogP contribution is 2.30. The van der Waals surface area contributed by atoms with Gasteiger partial charge in [0.05, 0.1) is 17.4 Å². The Morgan fingerprint density at radius 3 is 2.59 bits per heavy atom. The Morgan fingerprint density at radius 1 is 1.23 bits per heavy atom. The van der Waals surface area contributed by atoms with Crippen molar-refractivity contribution >= 4 is 29.1 Å². The molecule has 2 aliphatic rings. The molecular weight excluding hydrogens is 304 g/mol. The number of hydrogen-bond acceptors (Lipinski definition) is 3. The van der Waals surface area contributed by atoms with E-state index in [0.29, 0.717) is 55.2 Å². The van der Waals surface area contributed by atoms with Crippen LogP contribution >= 0.6 is 11.6 Å². The standard InChI is InChI=1S/C16H19ClN2O3/c17-11-3-4-13(14(10-11)19-7-1-2-15(19)21)16(22)18-8-5-12(20)6-9-18/h3-4,10,12,20H,1-2,5-9H2. The summed E-state index contributed by atoms with van der Waals surface area (Å²) in [6.45, 7) is 1.70. The molecule has 0 radical (unpaired) electrons. The average Bonchev–Trinajstić information content (AvgIpc) is 2.93. The van der Waals surface area contributed by atoms with E-state index in [1.165, 1.54) is 0 Å². The summed E-state index contributed by atoms with van der Waals surface area (Å²) >= 11 is 6.06. The van der Waals surface area contributed by atoms with Crippen LogP contribution in [0.5, 0.6) is 0 Å². The van der Waals surface area contributed by atoms with Gasteiger partial charge in [-0.2, -0.15) is 0 Å². The number of halogens is 1. The second kappa shape index (κ2) is 6.26. The maximum absolute atomic E-state index is 12.8. The van der Waals surface area contributed by atoms with E-state index in [1.54, 1.807) is 28.0 Å². The molecule has 2 saturated heterocycles. The Labute approximate surface area is 134 Å². The number of aliphatic hydroxyl groups excluding tert-OH is 1. The van der Waals surface area contributed by atoms with Gasteiger partial charge in [-0.15, -0.1) is 0 Å². The number of hydrogen-bond donors (Lipinski definition) is 1. The number of piperidine rings is 1. The van der Waals surface area contributed by atoms with E-state index < -0.39 is 0 Å². The van der Waals surface area contributed by atoms with Crippen LogP contribution in [0.3, 0.4) is 0 Å². The second-order valence-corrected chi connectivity index (χ2v) is 6.27. The first-order chi connectivity index (χ1) is 10.6. The van der Waals surface area contributed by atoms with E-state index in [-0.39, 0.29) is 17.9 Å². The first-order valence-corrected chi connectivity index (χ1v) is 8.01. The topological polar surface area (TPSA) is 60.9 Å². The van der Waals surface area contributed by atoms with Gasteiger partial charge in [-0.05, 0) is 37.5 Å². The highest BCUT2D eigenvalue weighted by Gasteiger charge is 2.29. The maximum Gasteiger partial charge on any atom is 0.255 e. The lowest BCUT2D eigenvalue weighted by atomic mass is 10.1. The number of nitrogens with zero attached hydrogens (tertiary/aromatic N) is 2. The van der Waals surface area contributed by atoms with Crippen molar-refractivity contribution in [3.05, 3.63) is 28.8 Å². The number of likely N-dealkylation sites (tertiary alicyclic amines) is 1. The van der Waals surface area contributed by atoms with Gasteiger partial charge in [0, 0.05) is 31.1 Å². The van der Waals surface area contributed by atoms with Crippen LogP contribution in [0, 0.1) is 0 Å². The molecule has 0 atom stereocenters. The Kier molecular flexibility index (Phi) is 4.36. The fourth-order valence-electron chi connectivity index (χ4n) is 3.05. The van der Waals surface area contributed by atoms with Crippen molar-refractivity contribution in [2.24, 2.45) is 0 Å². The van der Waals surface area contributed by atoms with E-state index in [4.69, 9.17) is 11.6 Å². The summed E-state index contributed by atoms with van der Waals surface area (Å²) < 4.78 is 0. The molecule has 0 saturated carbocycles. The van der Waals surface area contributed by atoms with Crippen molar-refractivity contribution in [1.29, 1.82) is 0 Å². The smallest absolute Gasteiger partial charge is 0.255 e. The summed E-state index contributed by atoms with van der Waals surface area (Å²) in [7, 11) is 0. The summed E-state index contributed by atoms with van der Waals surface area (Å²) in [4.78, 5) is 28.2. The van der Waals surface area contributed by atoms with Crippen LogP contribution in [-0.2, 0) is 4.79 Å². The molecular formula is C16H19ClN2O3. The number of amides is 2. The molecule has 22 heavy (non-hydrogen) atoms. The fourth-order valence-corrected chi connectivity index (χ4v) is 3.22. The lowest BCUT2D eigenvalue weighted by Gasteiger charge is -2.31. The van der Waals surface area contributed by atoms with Gasteiger partial charge in [0.25, 0.3) is 5.91 Å². The average molecular weight is 323 g/mol. The molecule has 0 bridgehead atoms. The molecule has 1 N–H and O–H groups in total. The fraction of sp³-hybridized carbons (Fsp3) is 0.500. The highest BCUT2D eigenvalue weighted by atomic mass is 35.5. The molecule has 3 rings (SSSR count). The summed E-state index contributed by atoms with van der Waals surface area (Å²) in [5.41, 5.74) is 1.11. The lowest BCUT2D eigenvalue weighted by Crippen LogP contribution is -2.40. The molecule has 6 heteroatoms. The normalized spacial score (nSPS) is 19.8. The first-order valence-electron chi connectivity index (χ1n) is 7.63. The van der Waals surface area contributed by atoms with Gasteiger partial charge in [0.2, 0.25) is 5.91 Å². The largest absolute Gasteiger partial charge is 0.393 e. The minimum absolute atomic E-state index is 0.0328. The SMILES string of the molecule is O=C(c1ccc(Cl)cc1N1CCCC1=O)N1CCC(O)CC1. The van der Waals surface area contributed by atoms with Gasteiger partial charge in [-0.25, -0.2) is 0 Å². The van der Waals surface area contributed by atoms with Crippen molar-refractivity contribution < 1.29 is 14.7 Å². The van der Waals surface area contributed by atoms with E-state index >= 15 is 0 Å².